The third-order valence-corrected chi connectivity index (χ3v) is 4.17. The monoisotopic (exact) mass is 374 g/mol. The van der Waals surface area contributed by atoms with Gasteiger partial charge in [-0.25, -0.2) is 9.37 Å². The fourth-order valence-corrected chi connectivity index (χ4v) is 2.80. The van der Waals surface area contributed by atoms with Crippen molar-refractivity contribution in [2.45, 2.75) is 0 Å². The maximum Gasteiger partial charge on any atom is 0.258 e. The molecule has 2 aromatic heterocycles. The molecule has 7 heteroatoms. The molecule has 0 saturated carbocycles. The topological polar surface area (TPSA) is 86.9 Å². The van der Waals surface area contributed by atoms with Crippen molar-refractivity contribution >= 4 is 34.0 Å². The van der Waals surface area contributed by atoms with Gasteiger partial charge in [0.25, 0.3) is 5.91 Å². The Kier molecular flexibility index (Phi) is 4.55. The number of halogens is 1. The lowest BCUT2D eigenvalue weighted by molar-refractivity contribution is 0.102. The number of benzene rings is 2. The Labute approximate surface area is 159 Å². The molecule has 0 unspecified atom stereocenters. The molecule has 2 heterocycles. The molecule has 0 bridgehead atoms. The second kappa shape index (κ2) is 7.32. The number of anilines is 3. The van der Waals surface area contributed by atoms with Crippen molar-refractivity contribution in [2.75, 3.05) is 10.6 Å². The van der Waals surface area contributed by atoms with Gasteiger partial charge in [0.1, 0.15) is 11.5 Å². The summed E-state index contributed by atoms with van der Waals surface area (Å²) in [5, 5.41) is 6.70. The van der Waals surface area contributed by atoms with E-state index in [4.69, 9.17) is 0 Å². The molecule has 0 fully saturated rings. The molecule has 138 valence electrons. The lowest BCUT2D eigenvalue weighted by Gasteiger charge is -2.11. The van der Waals surface area contributed by atoms with Crippen LogP contribution in [0, 0.1) is 5.82 Å². The fraction of sp³-hybridized carbons (Fsp3) is 0. The zero-order valence-corrected chi connectivity index (χ0v) is 14.6. The highest BCUT2D eigenvalue weighted by atomic mass is 19.1. The molecule has 0 spiro atoms. The van der Waals surface area contributed by atoms with Crippen LogP contribution < -0.4 is 16.2 Å². The highest BCUT2D eigenvalue weighted by Crippen LogP contribution is 2.24. The van der Waals surface area contributed by atoms with E-state index in [0.29, 0.717) is 11.3 Å². The Morgan fingerprint density at radius 2 is 1.68 bits per heavy atom. The first-order valence-corrected chi connectivity index (χ1v) is 8.51. The minimum Gasteiger partial charge on any atom is -0.355 e. The second-order valence-corrected chi connectivity index (χ2v) is 6.08. The highest BCUT2D eigenvalue weighted by molar-refractivity contribution is 6.04. The van der Waals surface area contributed by atoms with E-state index in [0.717, 1.165) is 16.8 Å². The first-order chi connectivity index (χ1) is 13.6. The van der Waals surface area contributed by atoms with E-state index in [2.05, 4.69) is 20.6 Å². The quantitative estimate of drug-likeness (QED) is 0.503. The average Bonchev–Trinajstić information content (AvgIpc) is 2.69. The second-order valence-electron chi connectivity index (χ2n) is 6.08. The van der Waals surface area contributed by atoms with Gasteiger partial charge < -0.3 is 15.6 Å². The van der Waals surface area contributed by atoms with E-state index in [9.17, 15) is 14.0 Å². The minimum atomic E-state index is -0.569. The lowest BCUT2D eigenvalue weighted by atomic mass is 10.2. The van der Waals surface area contributed by atoms with Crippen LogP contribution in [0.25, 0.3) is 11.0 Å². The maximum atomic E-state index is 13.7. The van der Waals surface area contributed by atoms with Gasteiger partial charge in [0.05, 0.1) is 11.3 Å². The molecule has 0 aliphatic heterocycles. The molecule has 0 radical (unpaired) electrons. The predicted molar refractivity (Wildman–Crippen MR) is 106 cm³/mol. The zero-order chi connectivity index (χ0) is 19.5. The van der Waals surface area contributed by atoms with Crippen LogP contribution in [0.4, 0.5) is 21.5 Å². The van der Waals surface area contributed by atoms with Crippen molar-refractivity contribution in [3.05, 3.63) is 94.7 Å². The van der Waals surface area contributed by atoms with Gasteiger partial charge in [0.2, 0.25) is 5.56 Å². The Balaban J connectivity index is 1.52. The minimum absolute atomic E-state index is 0.0121. The average molecular weight is 374 g/mol. The van der Waals surface area contributed by atoms with Gasteiger partial charge in [-0.15, -0.1) is 0 Å². The Morgan fingerprint density at radius 3 is 2.46 bits per heavy atom. The molecular formula is C21H15FN4O2. The number of nitrogens with one attached hydrogen (secondary N) is 3. The van der Waals surface area contributed by atoms with Crippen molar-refractivity contribution in [2.24, 2.45) is 0 Å². The fourth-order valence-electron chi connectivity index (χ4n) is 2.80. The number of rotatable bonds is 4. The molecule has 2 aromatic carbocycles. The summed E-state index contributed by atoms with van der Waals surface area (Å²) < 4.78 is 13.7. The Morgan fingerprint density at radius 1 is 0.929 bits per heavy atom. The molecule has 4 aromatic rings. The Bertz CT molecular complexity index is 1220. The van der Waals surface area contributed by atoms with Crippen LogP contribution in [0.5, 0.6) is 0 Å². The molecule has 0 aliphatic rings. The number of carbonyl (C=O) groups excluding carboxylic acids is 1. The number of H-pyrrole nitrogens is 1. The van der Waals surface area contributed by atoms with Gasteiger partial charge in [-0.3, -0.25) is 9.59 Å². The van der Waals surface area contributed by atoms with Gasteiger partial charge >= 0.3 is 0 Å². The molecule has 0 aliphatic carbocycles. The molecule has 3 N–H and O–H groups in total. The van der Waals surface area contributed by atoms with E-state index in [-0.39, 0.29) is 11.1 Å². The first-order valence-electron chi connectivity index (χ1n) is 8.51. The molecule has 4 rings (SSSR count). The van der Waals surface area contributed by atoms with Gasteiger partial charge in [0.15, 0.2) is 0 Å². The smallest absolute Gasteiger partial charge is 0.258 e. The van der Waals surface area contributed by atoms with Crippen molar-refractivity contribution < 1.29 is 9.18 Å². The molecule has 1 amide bonds. The maximum absolute atomic E-state index is 13.7. The SMILES string of the molecule is O=C(Nc1ccc(Nc2ccnc3[nH]c(=O)ccc23)cc1)c1ccccc1F. The summed E-state index contributed by atoms with van der Waals surface area (Å²) in [6.07, 6.45) is 1.60. The van der Waals surface area contributed by atoms with E-state index in [1.54, 1.807) is 48.7 Å². The molecule has 0 atom stereocenters. The van der Waals surface area contributed by atoms with E-state index in [1.165, 1.54) is 24.3 Å². The van der Waals surface area contributed by atoms with Gasteiger partial charge in [0, 0.05) is 29.0 Å². The van der Waals surface area contributed by atoms with Gasteiger partial charge in [-0.1, -0.05) is 12.1 Å². The number of amides is 1. The number of hydrogen-bond donors (Lipinski definition) is 3. The van der Waals surface area contributed by atoms with Gasteiger partial charge in [-0.05, 0) is 48.5 Å². The van der Waals surface area contributed by atoms with E-state index < -0.39 is 11.7 Å². The van der Waals surface area contributed by atoms with E-state index >= 15 is 0 Å². The van der Waals surface area contributed by atoms with Crippen molar-refractivity contribution in [3.63, 3.8) is 0 Å². The van der Waals surface area contributed by atoms with Crippen molar-refractivity contribution in [3.8, 4) is 0 Å². The zero-order valence-electron chi connectivity index (χ0n) is 14.6. The number of pyridine rings is 2. The summed E-state index contributed by atoms with van der Waals surface area (Å²) in [4.78, 5) is 30.4. The number of nitrogens with zero attached hydrogens (tertiary/aromatic N) is 1. The molecule has 6 nitrogen and oxygen atoms in total. The number of aromatic amines is 1. The number of fused-ring (bicyclic) bond motifs is 1. The standard InChI is InChI=1S/C21H15FN4O2/c22-17-4-2-1-3-15(17)21(28)25-14-7-5-13(6-8-14)24-18-11-12-23-20-16(18)9-10-19(27)26-20/h1-12H,(H,25,28)(H2,23,24,26,27). The van der Waals surface area contributed by atoms with Gasteiger partial charge in [-0.2, -0.15) is 0 Å². The summed E-state index contributed by atoms with van der Waals surface area (Å²) >= 11 is 0. The van der Waals surface area contributed by atoms with Crippen molar-refractivity contribution in [1.82, 2.24) is 9.97 Å². The van der Waals surface area contributed by atoms with E-state index in [1.807, 2.05) is 0 Å². The lowest BCUT2D eigenvalue weighted by Crippen LogP contribution is -2.13. The third-order valence-electron chi connectivity index (χ3n) is 4.17. The van der Waals surface area contributed by atoms with Crippen LogP contribution in [0.1, 0.15) is 10.4 Å². The summed E-state index contributed by atoms with van der Waals surface area (Å²) in [6, 6.07) is 17.8. The highest BCUT2D eigenvalue weighted by Gasteiger charge is 2.11. The third kappa shape index (κ3) is 3.59. The first kappa shape index (κ1) is 17.4. The van der Waals surface area contributed by atoms with Crippen LogP contribution in [-0.4, -0.2) is 15.9 Å². The summed E-state index contributed by atoms with van der Waals surface area (Å²) in [6.45, 7) is 0. The summed E-state index contributed by atoms with van der Waals surface area (Å²) in [5.74, 6) is -1.08. The van der Waals surface area contributed by atoms with Crippen LogP contribution in [0.2, 0.25) is 0 Å². The van der Waals surface area contributed by atoms with Crippen LogP contribution in [0.15, 0.2) is 77.7 Å². The predicted octanol–water partition coefficient (Wildman–Crippen LogP) is 4.06. The number of carbonyl (C=O) groups is 1. The summed E-state index contributed by atoms with van der Waals surface area (Å²) in [5.41, 5.74) is 2.37. The normalized spacial score (nSPS) is 10.6. The van der Waals surface area contributed by atoms with Crippen LogP contribution in [-0.2, 0) is 0 Å². The Hall–Kier alpha value is -4.00. The largest absolute Gasteiger partial charge is 0.355 e. The van der Waals surface area contributed by atoms with Crippen LogP contribution >= 0.6 is 0 Å². The van der Waals surface area contributed by atoms with Crippen LogP contribution in [0.3, 0.4) is 0 Å². The van der Waals surface area contributed by atoms with Crippen molar-refractivity contribution in [1.29, 1.82) is 0 Å². The molecule has 0 saturated heterocycles. The number of hydrogen-bond acceptors (Lipinski definition) is 4. The molecular weight excluding hydrogens is 359 g/mol. The molecule has 28 heavy (non-hydrogen) atoms. The summed E-state index contributed by atoms with van der Waals surface area (Å²) in [7, 11) is 0. The number of aromatic nitrogens is 2.